The Hall–Kier alpha value is -1.20. The SMILES string of the molecule is Cc1ccc(C(C)NCC(F)(F)CO)c(O)c1. The van der Waals surface area contributed by atoms with E-state index in [1.807, 2.05) is 6.92 Å². The van der Waals surface area contributed by atoms with E-state index < -0.39 is 25.1 Å². The lowest BCUT2D eigenvalue weighted by molar-refractivity contribution is -0.0491. The summed E-state index contributed by atoms with van der Waals surface area (Å²) in [7, 11) is 0. The maximum atomic E-state index is 12.8. The van der Waals surface area contributed by atoms with Crippen LogP contribution in [0.15, 0.2) is 18.2 Å². The van der Waals surface area contributed by atoms with Crippen molar-refractivity contribution >= 4 is 0 Å². The van der Waals surface area contributed by atoms with Crippen molar-refractivity contribution in [1.82, 2.24) is 5.32 Å². The van der Waals surface area contributed by atoms with Gasteiger partial charge < -0.3 is 15.5 Å². The van der Waals surface area contributed by atoms with Gasteiger partial charge in [-0.15, -0.1) is 0 Å². The fourth-order valence-corrected chi connectivity index (χ4v) is 1.49. The van der Waals surface area contributed by atoms with Crippen molar-refractivity contribution in [3.63, 3.8) is 0 Å². The molecular weight excluding hydrogens is 228 g/mol. The van der Waals surface area contributed by atoms with Crippen molar-refractivity contribution in [2.24, 2.45) is 0 Å². The molecule has 0 aliphatic heterocycles. The van der Waals surface area contributed by atoms with Gasteiger partial charge in [-0.05, 0) is 25.5 Å². The number of rotatable bonds is 5. The Kier molecular flexibility index (Phi) is 4.42. The molecule has 0 radical (unpaired) electrons. The summed E-state index contributed by atoms with van der Waals surface area (Å²) in [5.74, 6) is -3.06. The fraction of sp³-hybridized carbons (Fsp3) is 0.500. The monoisotopic (exact) mass is 245 g/mol. The first-order valence-corrected chi connectivity index (χ1v) is 5.37. The topological polar surface area (TPSA) is 52.5 Å². The highest BCUT2D eigenvalue weighted by Gasteiger charge is 2.28. The summed E-state index contributed by atoms with van der Waals surface area (Å²) in [6.07, 6.45) is 0. The summed E-state index contributed by atoms with van der Waals surface area (Å²) in [6.45, 7) is 1.70. The van der Waals surface area contributed by atoms with E-state index in [-0.39, 0.29) is 5.75 Å². The second kappa shape index (κ2) is 5.42. The minimum atomic E-state index is -3.14. The predicted molar refractivity (Wildman–Crippen MR) is 61.3 cm³/mol. The molecule has 0 amide bonds. The smallest absolute Gasteiger partial charge is 0.282 e. The van der Waals surface area contributed by atoms with Crippen molar-refractivity contribution in [3.8, 4) is 5.75 Å². The molecule has 1 rings (SSSR count). The van der Waals surface area contributed by atoms with Gasteiger partial charge in [-0.1, -0.05) is 12.1 Å². The number of benzene rings is 1. The molecule has 96 valence electrons. The zero-order valence-corrected chi connectivity index (χ0v) is 9.87. The summed E-state index contributed by atoms with van der Waals surface area (Å²) in [6, 6.07) is 4.67. The summed E-state index contributed by atoms with van der Waals surface area (Å²) < 4.78 is 25.6. The Morgan fingerprint density at radius 2 is 2.06 bits per heavy atom. The third kappa shape index (κ3) is 3.94. The molecule has 3 nitrogen and oxygen atoms in total. The number of phenolic OH excluding ortho intramolecular Hbond substituents is 1. The molecule has 0 saturated heterocycles. The lowest BCUT2D eigenvalue weighted by Gasteiger charge is -2.20. The maximum Gasteiger partial charge on any atom is 0.282 e. The Morgan fingerprint density at radius 3 is 2.59 bits per heavy atom. The maximum absolute atomic E-state index is 12.8. The number of nitrogens with one attached hydrogen (secondary N) is 1. The van der Waals surface area contributed by atoms with Gasteiger partial charge in [0.25, 0.3) is 5.92 Å². The minimum absolute atomic E-state index is 0.0808. The summed E-state index contributed by atoms with van der Waals surface area (Å²) in [4.78, 5) is 0. The van der Waals surface area contributed by atoms with E-state index in [1.165, 1.54) is 0 Å². The molecule has 1 aromatic rings. The molecular formula is C12H17F2NO2. The van der Waals surface area contributed by atoms with Crippen LogP contribution < -0.4 is 5.32 Å². The van der Waals surface area contributed by atoms with E-state index in [2.05, 4.69) is 5.32 Å². The molecule has 1 atom stereocenters. The molecule has 0 aromatic heterocycles. The first kappa shape index (κ1) is 13.9. The highest BCUT2D eigenvalue weighted by atomic mass is 19.3. The Balaban J connectivity index is 2.67. The van der Waals surface area contributed by atoms with E-state index in [1.54, 1.807) is 25.1 Å². The minimum Gasteiger partial charge on any atom is -0.508 e. The molecule has 0 spiro atoms. The average Bonchev–Trinajstić information content (AvgIpc) is 2.26. The molecule has 0 aliphatic carbocycles. The van der Waals surface area contributed by atoms with Crippen molar-refractivity contribution < 1.29 is 19.0 Å². The third-order valence-corrected chi connectivity index (χ3v) is 2.55. The van der Waals surface area contributed by atoms with Gasteiger partial charge in [0.05, 0.1) is 6.54 Å². The number of phenols is 1. The normalized spacial score (nSPS) is 13.7. The lowest BCUT2D eigenvalue weighted by atomic mass is 10.0. The van der Waals surface area contributed by atoms with Gasteiger partial charge in [-0.3, -0.25) is 0 Å². The van der Waals surface area contributed by atoms with Crippen molar-refractivity contribution in [3.05, 3.63) is 29.3 Å². The number of aromatic hydroxyl groups is 1. The van der Waals surface area contributed by atoms with Crippen LogP contribution in [-0.2, 0) is 0 Å². The molecule has 1 unspecified atom stereocenters. The van der Waals surface area contributed by atoms with Crippen LogP contribution in [0, 0.1) is 6.92 Å². The summed E-state index contributed by atoms with van der Waals surface area (Å²) in [5, 5.41) is 20.7. The van der Waals surface area contributed by atoms with Crippen LogP contribution in [0.5, 0.6) is 5.75 Å². The zero-order chi connectivity index (χ0) is 13.1. The third-order valence-electron chi connectivity index (χ3n) is 2.55. The van der Waals surface area contributed by atoms with Crippen LogP contribution in [0.25, 0.3) is 0 Å². The number of halogens is 2. The Bertz CT molecular complexity index is 383. The number of aliphatic hydroxyl groups is 1. The molecule has 0 saturated carbocycles. The van der Waals surface area contributed by atoms with Gasteiger partial charge >= 0.3 is 0 Å². The zero-order valence-electron chi connectivity index (χ0n) is 9.87. The molecule has 0 fully saturated rings. The molecule has 0 heterocycles. The van der Waals surface area contributed by atoms with E-state index >= 15 is 0 Å². The second-order valence-electron chi connectivity index (χ2n) is 4.18. The molecule has 3 N–H and O–H groups in total. The van der Waals surface area contributed by atoms with Gasteiger partial charge in [0.15, 0.2) is 0 Å². The van der Waals surface area contributed by atoms with Gasteiger partial charge in [-0.2, -0.15) is 0 Å². The largest absolute Gasteiger partial charge is 0.508 e. The molecule has 0 bridgehead atoms. The van der Waals surface area contributed by atoms with Crippen LogP contribution in [0.1, 0.15) is 24.1 Å². The first-order valence-electron chi connectivity index (χ1n) is 5.37. The van der Waals surface area contributed by atoms with E-state index in [0.29, 0.717) is 5.56 Å². The predicted octanol–water partition coefficient (Wildman–Crippen LogP) is 1.98. The Labute approximate surface area is 99.1 Å². The van der Waals surface area contributed by atoms with Gasteiger partial charge in [-0.25, -0.2) is 8.78 Å². The number of hydrogen-bond acceptors (Lipinski definition) is 3. The highest BCUT2D eigenvalue weighted by Crippen LogP contribution is 2.25. The van der Waals surface area contributed by atoms with Crippen LogP contribution in [0.3, 0.4) is 0 Å². The van der Waals surface area contributed by atoms with Crippen LogP contribution in [-0.4, -0.2) is 29.3 Å². The van der Waals surface area contributed by atoms with Crippen LogP contribution in [0.4, 0.5) is 8.78 Å². The van der Waals surface area contributed by atoms with Crippen molar-refractivity contribution in [2.45, 2.75) is 25.8 Å². The highest BCUT2D eigenvalue weighted by molar-refractivity contribution is 5.37. The van der Waals surface area contributed by atoms with Gasteiger partial charge in [0.2, 0.25) is 0 Å². The molecule has 17 heavy (non-hydrogen) atoms. The van der Waals surface area contributed by atoms with E-state index in [9.17, 15) is 13.9 Å². The first-order chi connectivity index (χ1) is 7.85. The number of aliphatic hydroxyl groups excluding tert-OH is 1. The molecule has 5 heteroatoms. The quantitative estimate of drug-likeness (QED) is 0.743. The number of aryl methyl sites for hydroxylation is 1. The summed E-state index contributed by atoms with van der Waals surface area (Å²) >= 11 is 0. The van der Waals surface area contributed by atoms with E-state index in [4.69, 9.17) is 5.11 Å². The van der Waals surface area contributed by atoms with E-state index in [0.717, 1.165) is 5.56 Å². The molecule has 1 aromatic carbocycles. The molecule has 0 aliphatic rings. The standard InChI is InChI=1S/C12H17F2NO2/c1-8-3-4-10(11(17)5-8)9(2)15-6-12(13,14)7-16/h3-5,9,15-17H,6-7H2,1-2H3. The lowest BCUT2D eigenvalue weighted by Crippen LogP contribution is -2.37. The Morgan fingerprint density at radius 1 is 1.41 bits per heavy atom. The average molecular weight is 245 g/mol. The van der Waals surface area contributed by atoms with Gasteiger partial charge in [0, 0.05) is 11.6 Å². The van der Waals surface area contributed by atoms with Crippen LogP contribution >= 0.6 is 0 Å². The van der Waals surface area contributed by atoms with Crippen molar-refractivity contribution in [2.75, 3.05) is 13.2 Å². The van der Waals surface area contributed by atoms with Crippen molar-refractivity contribution in [1.29, 1.82) is 0 Å². The summed E-state index contributed by atoms with van der Waals surface area (Å²) in [5.41, 5.74) is 1.46. The van der Waals surface area contributed by atoms with Gasteiger partial charge in [0.1, 0.15) is 12.4 Å². The fourth-order valence-electron chi connectivity index (χ4n) is 1.49. The number of hydrogen-bond donors (Lipinski definition) is 3. The number of alkyl halides is 2. The van der Waals surface area contributed by atoms with Crippen LogP contribution in [0.2, 0.25) is 0 Å². The second-order valence-corrected chi connectivity index (χ2v) is 4.18.